The van der Waals surface area contributed by atoms with Gasteiger partial charge in [-0.1, -0.05) is 27.3 Å². The predicted octanol–water partition coefficient (Wildman–Crippen LogP) is 3.68. The summed E-state index contributed by atoms with van der Waals surface area (Å²) in [5.74, 6) is -0.0797. The number of benzene rings is 1. The second kappa shape index (κ2) is 5.46. The maximum atomic E-state index is 12.1. The number of aromatic nitrogens is 1. The first-order valence-corrected chi connectivity index (χ1v) is 7.84. The smallest absolute Gasteiger partial charge is 0.257 e. The van der Waals surface area contributed by atoms with Crippen LogP contribution in [0.3, 0.4) is 0 Å². The van der Waals surface area contributed by atoms with E-state index in [2.05, 4.69) is 26.2 Å². The zero-order chi connectivity index (χ0) is 14.1. The molecule has 0 fully saturated rings. The van der Waals surface area contributed by atoms with Crippen LogP contribution in [0.4, 0.5) is 5.13 Å². The van der Waals surface area contributed by atoms with Crippen LogP contribution in [0.15, 0.2) is 28.7 Å². The van der Waals surface area contributed by atoms with Crippen molar-refractivity contribution in [3.8, 4) is 0 Å². The molecule has 0 bridgehead atoms. The van der Waals surface area contributed by atoms with E-state index in [1.807, 2.05) is 12.1 Å². The van der Waals surface area contributed by atoms with Gasteiger partial charge in [0, 0.05) is 16.5 Å². The van der Waals surface area contributed by atoms with Gasteiger partial charge in [0.15, 0.2) is 10.9 Å². The Bertz CT molecular complexity index is 679. The lowest BCUT2D eigenvalue weighted by Crippen LogP contribution is -2.11. The molecule has 0 unspecified atom stereocenters. The first kappa shape index (κ1) is 13.5. The lowest BCUT2D eigenvalue weighted by molar-refractivity contribution is 0.0975. The topological polar surface area (TPSA) is 59.1 Å². The van der Waals surface area contributed by atoms with Gasteiger partial charge in [-0.25, -0.2) is 4.98 Å². The summed E-state index contributed by atoms with van der Waals surface area (Å²) >= 11 is 4.59. The molecule has 1 N–H and O–H groups in total. The zero-order valence-corrected chi connectivity index (χ0v) is 12.9. The summed E-state index contributed by atoms with van der Waals surface area (Å²) in [4.78, 5) is 28.9. The summed E-state index contributed by atoms with van der Waals surface area (Å²) in [6, 6.07) is 7.09. The summed E-state index contributed by atoms with van der Waals surface area (Å²) in [5, 5.41) is 3.25. The molecule has 1 aliphatic carbocycles. The molecule has 1 heterocycles. The highest BCUT2D eigenvalue weighted by atomic mass is 79.9. The Labute approximate surface area is 128 Å². The molecule has 0 spiro atoms. The highest BCUT2D eigenvalue weighted by Gasteiger charge is 2.22. The van der Waals surface area contributed by atoms with E-state index in [0.717, 1.165) is 23.0 Å². The van der Waals surface area contributed by atoms with Crippen LogP contribution in [0.1, 0.15) is 38.6 Å². The Morgan fingerprint density at radius 3 is 2.70 bits per heavy atom. The third kappa shape index (κ3) is 2.66. The van der Waals surface area contributed by atoms with Crippen LogP contribution < -0.4 is 5.32 Å². The molecule has 1 aromatic heterocycles. The van der Waals surface area contributed by atoms with Crippen LogP contribution in [-0.2, 0) is 6.42 Å². The van der Waals surface area contributed by atoms with E-state index in [-0.39, 0.29) is 11.7 Å². The van der Waals surface area contributed by atoms with Crippen molar-refractivity contribution in [3.63, 3.8) is 0 Å². The van der Waals surface area contributed by atoms with Crippen LogP contribution in [0, 0.1) is 0 Å². The van der Waals surface area contributed by atoms with E-state index < -0.39 is 0 Å². The molecule has 1 aliphatic rings. The van der Waals surface area contributed by atoms with Gasteiger partial charge in [0.1, 0.15) is 0 Å². The predicted molar refractivity (Wildman–Crippen MR) is 81.5 cm³/mol. The first-order valence-electron chi connectivity index (χ1n) is 6.23. The number of Topliss-reactive ketones (excluding diaryl/α,β-unsaturated/α-hetero) is 1. The third-order valence-electron chi connectivity index (χ3n) is 3.09. The van der Waals surface area contributed by atoms with Gasteiger partial charge in [0.25, 0.3) is 5.91 Å². The second-order valence-electron chi connectivity index (χ2n) is 4.53. The number of nitrogens with zero attached hydrogens (tertiary/aromatic N) is 1. The Hall–Kier alpha value is -1.53. The maximum Gasteiger partial charge on any atom is 0.257 e. The van der Waals surface area contributed by atoms with E-state index in [1.54, 1.807) is 12.1 Å². The van der Waals surface area contributed by atoms with Crippen molar-refractivity contribution in [1.29, 1.82) is 0 Å². The van der Waals surface area contributed by atoms with Crippen molar-refractivity contribution in [2.24, 2.45) is 0 Å². The molecular weight excluding hydrogens is 340 g/mol. The van der Waals surface area contributed by atoms with Gasteiger partial charge in [0.2, 0.25) is 0 Å². The lowest BCUT2D eigenvalue weighted by atomic mass is 10.0. The van der Waals surface area contributed by atoms with E-state index in [1.165, 1.54) is 11.3 Å². The summed E-state index contributed by atoms with van der Waals surface area (Å²) < 4.78 is 0.921. The number of amides is 1. The van der Waals surface area contributed by atoms with Gasteiger partial charge in [-0.05, 0) is 37.1 Å². The minimum Gasteiger partial charge on any atom is -0.298 e. The van der Waals surface area contributed by atoms with Crippen molar-refractivity contribution in [2.75, 3.05) is 5.32 Å². The molecule has 4 nitrogen and oxygen atoms in total. The number of fused-ring (bicyclic) bond motifs is 1. The molecule has 6 heteroatoms. The molecule has 0 radical (unpaired) electrons. The van der Waals surface area contributed by atoms with E-state index >= 15 is 0 Å². The largest absolute Gasteiger partial charge is 0.298 e. The fourth-order valence-electron chi connectivity index (χ4n) is 2.09. The number of rotatable bonds is 2. The molecule has 0 aliphatic heterocycles. The Balaban J connectivity index is 1.79. The molecule has 2 aromatic rings. The van der Waals surface area contributed by atoms with Gasteiger partial charge in [0.05, 0.1) is 10.6 Å². The average Bonchev–Trinajstić information content (AvgIpc) is 2.83. The molecule has 102 valence electrons. The molecular formula is C14H11BrN2O2S. The number of ketones is 1. The van der Waals surface area contributed by atoms with Crippen molar-refractivity contribution >= 4 is 44.1 Å². The molecule has 0 saturated heterocycles. The normalized spacial score (nSPS) is 13.9. The average molecular weight is 351 g/mol. The van der Waals surface area contributed by atoms with Crippen molar-refractivity contribution in [2.45, 2.75) is 19.3 Å². The Morgan fingerprint density at radius 1 is 1.25 bits per heavy atom. The van der Waals surface area contributed by atoms with Crippen LogP contribution in [0.25, 0.3) is 0 Å². The number of hydrogen-bond donors (Lipinski definition) is 1. The standard InChI is InChI=1S/C14H11BrN2O2S/c15-9-6-4-8(5-7-9)13(19)17-14-16-10-2-1-3-11(18)12(10)20-14/h4-7H,1-3H2,(H,16,17,19). The second-order valence-corrected chi connectivity index (χ2v) is 6.45. The fourth-order valence-corrected chi connectivity index (χ4v) is 3.33. The van der Waals surface area contributed by atoms with Crippen molar-refractivity contribution < 1.29 is 9.59 Å². The van der Waals surface area contributed by atoms with E-state index in [0.29, 0.717) is 22.0 Å². The maximum absolute atomic E-state index is 12.1. The number of aryl methyl sites for hydroxylation is 1. The van der Waals surface area contributed by atoms with Crippen LogP contribution in [-0.4, -0.2) is 16.7 Å². The van der Waals surface area contributed by atoms with Crippen molar-refractivity contribution in [1.82, 2.24) is 4.98 Å². The minimum absolute atomic E-state index is 0.132. The number of thiazole rings is 1. The number of halogens is 1. The molecule has 0 atom stereocenters. The van der Waals surface area contributed by atoms with Crippen molar-refractivity contribution in [3.05, 3.63) is 44.9 Å². The molecule has 1 amide bonds. The number of hydrogen-bond acceptors (Lipinski definition) is 4. The van der Waals surface area contributed by atoms with Gasteiger partial charge in [-0.15, -0.1) is 0 Å². The zero-order valence-electron chi connectivity index (χ0n) is 10.5. The monoisotopic (exact) mass is 350 g/mol. The van der Waals surface area contributed by atoms with Gasteiger partial charge in [-0.3, -0.25) is 14.9 Å². The number of anilines is 1. The minimum atomic E-state index is -0.212. The Morgan fingerprint density at radius 2 is 2.00 bits per heavy atom. The van der Waals surface area contributed by atoms with Crippen LogP contribution in [0.5, 0.6) is 0 Å². The van der Waals surface area contributed by atoms with Gasteiger partial charge in [-0.2, -0.15) is 0 Å². The Kier molecular flexibility index (Phi) is 3.67. The third-order valence-corrected chi connectivity index (χ3v) is 4.68. The highest BCUT2D eigenvalue weighted by molar-refractivity contribution is 9.10. The number of nitrogens with one attached hydrogen (secondary N) is 1. The highest BCUT2D eigenvalue weighted by Crippen LogP contribution is 2.29. The van der Waals surface area contributed by atoms with E-state index in [9.17, 15) is 9.59 Å². The van der Waals surface area contributed by atoms with Gasteiger partial charge < -0.3 is 0 Å². The van der Waals surface area contributed by atoms with Crippen LogP contribution in [0.2, 0.25) is 0 Å². The molecule has 0 saturated carbocycles. The van der Waals surface area contributed by atoms with Gasteiger partial charge >= 0.3 is 0 Å². The summed E-state index contributed by atoms with van der Waals surface area (Å²) in [6.45, 7) is 0. The first-order chi connectivity index (χ1) is 9.63. The van der Waals surface area contributed by atoms with Crippen LogP contribution >= 0.6 is 27.3 Å². The van der Waals surface area contributed by atoms with E-state index in [4.69, 9.17) is 0 Å². The SMILES string of the molecule is O=C(Nc1nc2c(s1)C(=O)CCC2)c1ccc(Br)cc1. The fraction of sp³-hybridized carbons (Fsp3) is 0.214. The summed E-state index contributed by atoms with van der Waals surface area (Å²) in [5.41, 5.74) is 1.38. The number of carbonyl (C=O) groups excluding carboxylic acids is 2. The molecule has 3 rings (SSSR count). The summed E-state index contributed by atoms with van der Waals surface area (Å²) in [6.07, 6.45) is 2.23. The molecule has 20 heavy (non-hydrogen) atoms. The molecule has 1 aromatic carbocycles. The number of carbonyl (C=O) groups is 2. The summed E-state index contributed by atoms with van der Waals surface area (Å²) in [7, 11) is 0. The lowest BCUT2D eigenvalue weighted by Gasteiger charge is -2.05. The quantitative estimate of drug-likeness (QED) is 0.898.